The Morgan fingerprint density at radius 1 is 0.950 bits per heavy atom. The average molecular weight is 550 g/mol. The number of alkyl halides is 3. The first kappa shape index (κ1) is 26.7. The quantitative estimate of drug-likeness (QED) is 0.225. The van der Waals surface area contributed by atoms with Crippen LogP contribution >= 0.6 is 0 Å². The number of amides is 1. The van der Waals surface area contributed by atoms with Crippen LogP contribution in [-0.2, 0) is 22.3 Å². The normalized spacial score (nSPS) is 12.4. The number of ether oxygens (including phenoxy) is 1. The zero-order valence-corrected chi connectivity index (χ0v) is 20.6. The van der Waals surface area contributed by atoms with Gasteiger partial charge in [-0.3, -0.25) is 4.79 Å². The number of para-hydroxylation sites is 1. The van der Waals surface area contributed by atoms with Gasteiger partial charge in [0.15, 0.2) is 17.5 Å². The summed E-state index contributed by atoms with van der Waals surface area (Å²) in [6.45, 7) is -0.202. The Morgan fingerprint density at radius 2 is 1.65 bits per heavy atom. The highest BCUT2D eigenvalue weighted by molar-refractivity contribution is 6.00. The summed E-state index contributed by atoms with van der Waals surface area (Å²) in [6.07, 6.45) is -4.53. The van der Waals surface area contributed by atoms with Crippen molar-refractivity contribution in [1.82, 2.24) is 10.3 Å². The lowest BCUT2D eigenvalue weighted by Crippen LogP contribution is -2.44. The number of nitrogens with zero attached hydrogens (tertiary/aromatic N) is 1. The highest BCUT2D eigenvalue weighted by atomic mass is 19.4. The summed E-state index contributed by atoms with van der Waals surface area (Å²) in [7, 11) is 0. The van der Waals surface area contributed by atoms with Gasteiger partial charge in [0.1, 0.15) is 5.58 Å². The van der Waals surface area contributed by atoms with E-state index >= 15 is 0 Å². The minimum absolute atomic E-state index is 0.113. The molecule has 0 unspecified atom stereocenters. The summed E-state index contributed by atoms with van der Waals surface area (Å²) in [6, 6.07) is 20.4. The molecular weight excluding hydrogens is 529 g/mol. The molecule has 11 heteroatoms. The lowest BCUT2D eigenvalue weighted by atomic mass is 10.1. The van der Waals surface area contributed by atoms with Crippen molar-refractivity contribution in [3.63, 3.8) is 0 Å². The molecule has 2 heterocycles. The van der Waals surface area contributed by atoms with Gasteiger partial charge in [0.2, 0.25) is 11.7 Å². The van der Waals surface area contributed by atoms with Crippen LogP contribution in [0.2, 0.25) is 0 Å². The molecule has 0 aliphatic heterocycles. The van der Waals surface area contributed by atoms with E-state index in [2.05, 4.69) is 10.3 Å². The van der Waals surface area contributed by atoms with Gasteiger partial charge in [-0.25, -0.2) is 9.78 Å². The van der Waals surface area contributed by atoms with Gasteiger partial charge in [-0.2, -0.15) is 13.2 Å². The fourth-order valence-corrected chi connectivity index (χ4v) is 3.93. The van der Waals surface area contributed by atoms with E-state index < -0.39 is 29.7 Å². The van der Waals surface area contributed by atoms with Crippen LogP contribution in [0.1, 0.15) is 21.6 Å². The number of aliphatic carboxylic acids is 1. The molecule has 8 nitrogen and oxygen atoms in total. The van der Waals surface area contributed by atoms with Crippen LogP contribution in [0.3, 0.4) is 0 Å². The van der Waals surface area contributed by atoms with Crippen LogP contribution in [-0.4, -0.2) is 34.6 Å². The Morgan fingerprint density at radius 3 is 2.33 bits per heavy atom. The largest absolute Gasteiger partial charge is 0.480 e. The Balaban J connectivity index is 1.44. The molecule has 2 N–H and O–H groups in total. The minimum atomic E-state index is -4.53. The molecule has 0 aliphatic rings. The second-order valence-electron chi connectivity index (χ2n) is 8.79. The third-order valence-corrected chi connectivity index (χ3v) is 5.95. The topological polar surface area (TPSA) is 115 Å². The fraction of sp³-hybridized carbons (Fsp3) is 0.138. The van der Waals surface area contributed by atoms with Crippen LogP contribution < -0.4 is 5.32 Å². The van der Waals surface area contributed by atoms with Crippen molar-refractivity contribution in [1.29, 1.82) is 0 Å². The first-order chi connectivity index (χ1) is 19.2. The van der Waals surface area contributed by atoms with Gasteiger partial charge in [-0.15, -0.1) is 0 Å². The molecule has 1 atom stereocenters. The summed E-state index contributed by atoms with van der Waals surface area (Å²) in [5.74, 6) is -2.37. The molecule has 5 rings (SSSR count). The summed E-state index contributed by atoms with van der Waals surface area (Å²) in [5.41, 5.74) is 0.323. The molecule has 3 aromatic carbocycles. The highest BCUT2D eigenvalue weighted by Crippen LogP contribution is 2.35. The number of halogens is 3. The molecule has 0 radical (unpaired) electrons. The van der Waals surface area contributed by atoms with Gasteiger partial charge in [0, 0.05) is 10.9 Å². The standard InChI is InChI=1S/C29H21F3N2O6/c30-29(31,32)20-12-10-18(11-13-20)27-34-24(25(40-27)23-14-19-8-4-5-9-22(19)39-23)26(35)33-21(28(36)37)16-38-15-17-6-2-1-3-7-17/h1-14,21H,15-16H2,(H,33,35)(H,36,37)/t21-/m0/s1. The lowest BCUT2D eigenvalue weighted by molar-refractivity contribution is -0.141. The predicted octanol–water partition coefficient (Wildman–Crippen LogP) is 6.17. The third-order valence-electron chi connectivity index (χ3n) is 5.95. The number of carbonyl (C=O) groups is 2. The van der Waals surface area contributed by atoms with Crippen LogP contribution in [0.25, 0.3) is 33.9 Å². The smallest absolute Gasteiger partial charge is 0.416 e. The van der Waals surface area contributed by atoms with Crippen LogP contribution in [0.4, 0.5) is 13.2 Å². The van der Waals surface area contributed by atoms with Crippen molar-refractivity contribution in [3.8, 4) is 23.0 Å². The van der Waals surface area contributed by atoms with Crippen molar-refractivity contribution in [2.45, 2.75) is 18.8 Å². The first-order valence-corrected chi connectivity index (χ1v) is 12.0. The average Bonchev–Trinajstić information content (AvgIpc) is 3.57. The van der Waals surface area contributed by atoms with Crippen molar-refractivity contribution >= 4 is 22.8 Å². The minimum Gasteiger partial charge on any atom is -0.480 e. The fourth-order valence-electron chi connectivity index (χ4n) is 3.93. The molecule has 0 saturated carbocycles. The Labute approximate surface area is 225 Å². The monoisotopic (exact) mass is 550 g/mol. The second kappa shape index (κ2) is 11.1. The van der Waals surface area contributed by atoms with E-state index in [1.807, 2.05) is 30.3 Å². The maximum Gasteiger partial charge on any atom is 0.416 e. The number of nitrogens with one attached hydrogen (secondary N) is 1. The molecule has 0 aliphatic carbocycles. The van der Waals surface area contributed by atoms with E-state index in [1.54, 1.807) is 30.3 Å². The number of hydrogen-bond donors (Lipinski definition) is 2. The van der Waals surface area contributed by atoms with Gasteiger partial charge < -0.3 is 24.0 Å². The summed E-state index contributed by atoms with van der Waals surface area (Å²) in [5, 5.41) is 12.8. The number of fused-ring (bicyclic) bond motifs is 1. The Kier molecular flexibility index (Phi) is 7.39. The number of aromatic nitrogens is 1. The van der Waals surface area contributed by atoms with Gasteiger partial charge in [0.05, 0.1) is 18.8 Å². The SMILES string of the molecule is O=C(N[C@@H](COCc1ccccc1)C(=O)O)c1nc(-c2ccc(C(F)(F)F)cc2)oc1-c1cc2ccccc2o1. The molecule has 0 fully saturated rings. The number of oxazole rings is 1. The molecule has 0 bridgehead atoms. The van der Waals surface area contributed by atoms with Crippen LogP contribution in [0.15, 0.2) is 93.8 Å². The third kappa shape index (κ3) is 5.89. The van der Waals surface area contributed by atoms with Gasteiger partial charge in [0.25, 0.3) is 5.91 Å². The Hall–Kier alpha value is -4.90. The number of carbonyl (C=O) groups excluding carboxylic acids is 1. The Bertz CT molecular complexity index is 1610. The van der Waals surface area contributed by atoms with E-state index in [4.69, 9.17) is 13.6 Å². The number of carboxylic acid groups (broad SMARTS) is 1. The molecule has 2 aromatic heterocycles. The second-order valence-corrected chi connectivity index (χ2v) is 8.79. The molecule has 1 amide bonds. The maximum atomic E-state index is 13.3. The van der Waals surface area contributed by atoms with Crippen molar-refractivity contribution in [3.05, 3.63) is 102 Å². The lowest BCUT2D eigenvalue weighted by Gasteiger charge is -2.14. The van der Waals surface area contributed by atoms with Crippen molar-refractivity contribution < 1.29 is 41.4 Å². The molecule has 0 spiro atoms. The van der Waals surface area contributed by atoms with Gasteiger partial charge >= 0.3 is 12.1 Å². The number of carboxylic acids is 1. The summed E-state index contributed by atoms with van der Waals surface area (Å²) < 4.78 is 56.2. The van der Waals surface area contributed by atoms with E-state index in [9.17, 15) is 27.9 Å². The highest BCUT2D eigenvalue weighted by Gasteiger charge is 2.31. The van der Waals surface area contributed by atoms with Crippen molar-refractivity contribution in [2.75, 3.05) is 6.61 Å². The molecular formula is C29H21F3N2O6. The van der Waals surface area contributed by atoms with Crippen molar-refractivity contribution in [2.24, 2.45) is 0 Å². The van der Waals surface area contributed by atoms with E-state index in [0.29, 0.717) is 11.0 Å². The number of benzene rings is 3. The number of hydrogen-bond acceptors (Lipinski definition) is 6. The van der Waals surface area contributed by atoms with Gasteiger partial charge in [-0.1, -0.05) is 48.5 Å². The van der Waals surface area contributed by atoms with E-state index in [0.717, 1.165) is 29.8 Å². The number of rotatable bonds is 9. The van der Waals surface area contributed by atoms with E-state index in [-0.39, 0.29) is 41.9 Å². The van der Waals surface area contributed by atoms with Gasteiger partial charge in [-0.05, 0) is 42.0 Å². The van der Waals surface area contributed by atoms with Crippen LogP contribution in [0.5, 0.6) is 0 Å². The van der Waals surface area contributed by atoms with Crippen LogP contribution in [0, 0.1) is 0 Å². The number of furan rings is 1. The maximum absolute atomic E-state index is 13.3. The van der Waals surface area contributed by atoms with E-state index in [1.165, 1.54) is 0 Å². The molecule has 40 heavy (non-hydrogen) atoms. The summed E-state index contributed by atoms with van der Waals surface area (Å²) >= 11 is 0. The molecule has 204 valence electrons. The zero-order valence-electron chi connectivity index (χ0n) is 20.6. The zero-order chi connectivity index (χ0) is 28.3. The summed E-state index contributed by atoms with van der Waals surface area (Å²) in [4.78, 5) is 29.4. The molecule has 0 saturated heterocycles. The molecule has 5 aromatic rings. The first-order valence-electron chi connectivity index (χ1n) is 12.0. The predicted molar refractivity (Wildman–Crippen MR) is 137 cm³/mol.